The van der Waals surface area contributed by atoms with Gasteiger partial charge in [0.2, 0.25) is 0 Å². The molecule has 0 saturated carbocycles. The molecule has 1 atom stereocenters. The third-order valence-electron chi connectivity index (χ3n) is 2.87. The monoisotopic (exact) mass is 387 g/mol. The molecule has 0 radical (unpaired) electrons. The van der Waals surface area contributed by atoms with Gasteiger partial charge in [0, 0.05) is 18.6 Å². The molecule has 1 amide bonds. The summed E-state index contributed by atoms with van der Waals surface area (Å²) in [5.74, 6) is 0.521. The SMILES string of the molecule is CC(Oc1cccc(Cl)c1)C(=O)N(C)Cc1csc(Br)c1. The molecule has 1 heterocycles. The van der Waals surface area contributed by atoms with Crippen LogP contribution in [0, 0.1) is 0 Å². The van der Waals surface area contributed by atoms with Gasteiger partial charge in [-0.2, -0.15) is 0 Å². The molecule has 112 valence electrons. The summed E-state index contributed by atoms with van der Waals surface area (Å²) in [5, 5.41) is 2.61. The molecule has 0 aliphatic carbocycles. The molecule has 2 aromatic rings. The average molecular weight is 389 g/mol. The highest BCUT2D eigenvalue weighted by atomic mass is 79.9. The van der Waals surface area contributed by atoms with E-state index in [4.69, 9.17) is 16.3 Å². The summed E-state index contributed by atoms with van der Waals surface area (Å²) in [5.41, 5.74) is 1.10. The van der Waals surface area contributed by atoms with Crippen LogP contribution in [0.5, 0.6) is 5.75 Å². The van der Waals surface area contributed by atoms with Gasteiger partial charge >= 0.3 is 0 Å². The molecule has 21 heavy (non-hydrogen) atoms. The normalized spacial score (nSPS) is 12.0. The number of nitrogens with zero attached hydrogens (tertiary/aromatic N) is 1. The summed E-state index contributed by atoms with van der Waals surface area (Å²) >= 11 is 10.9. The number of rotatable bonds is 5. The van der Waals surface area contributed by atoms with Crippen LogP contribution >= 0.6 is 38.9 Å². The lowest BCUT2D eigenvalue weighted by Crippen LogP contribution is -2.37. The van der Waals surface area contributed by atoms with Crippen molar-refractivity contribution in [1.82, 2.24) is 4.90 Å². The van der Waals surface area contributed by atoms with Crippen LogP contribution in [-0.4, -0.2) is 24.0 Å². The zero-order chi connectivity index (χ0) is 15.4. The number of hydrogen-bond acceptors (Lipinski definition) is 3. The van der Waals surface area contributed by atoms with E-state index in [2.05, 4.69) is 15.9 Å². The molecule has 0 saturated heterocycles. The predicted molar refractivity (Wildman–Crippen MR) is 90.0 cm³/mol. The number of hydrogen-bond donors (Lipinski definition) is 0. The van der Waals surface area contributed by atoms with E-state index in [1.54, 1.807) is 54.5 Å². The van der Waals surface area contributed by atoms with Gasteiger partial charge in [-0.25, -0.2) is 0 Å². The van der Waals surface area contributed by atoms with Gasteiger partial charge in [0.15, 0.2) is 6.10 Å². The van der Waals surface area contributed by atoms with Crippen LogP contribution < -0.4 is 4.74 Å². The maximum atomic E-state index is 12.3. The van der Waals surface area contributed by atoms with E-state index in [1.807, 2.05) is 11.4 Å². The van der Waals surface area contributed by atoms with Crippen molar-refractivity contribution >= 4 is 44.8 Å². The summed E-state index contributed by atoms with van der Waals surface area (Å²) in [7, 11) is 1.77. The fourth-order valence-electron chi connectivity index (χ4n) is 1.89. The Hall–Kier alpha value is -1.04. The number of amides is 1. The van der Waals surface area contributed by atoms with Crippen LogP contribution in [0.4, 0.5) is 0 Å². The zero-order valence-corrected chi connectivity index (χ0v) is 14.8. The van der Waals surface area contributed by atoms with Gasteiger partial charge in [0.25, 0.3) is 5.91 Å². The van der Waals surface area contributed by atoms with Gasteiger partial charge in [0.05, 0.1) is 3.79 Å². The predicted octanol–water partition coefficient (Wildman–Crippen LogP) is 4.59. The minimum Gasteiger partial charge on any atom is -0.481 e. The lowest BCUT2D eigenvalue weighted by Gasteiger charge is -2.21. The van der Waals surface area contributed by atoms with Crippen LogP contribution in [0.15, 0.2) is 39.5 Å². The smallest absolute Gasteiger partial charge is 0.263 e. The van der Waals surface area contributed by atoms with Crippen molar-refractivity contribution in [3.63, 3.8) is 0 Å². The van der Waals surface area contributed by atoms with E-state index in [-0.39, 0.29) is 5.91 Å². The van der Waals surface area contributed by atoms with E-state index < -0.39 is 6.10 Å². The topological polar surface area (TPSA) is 29.5 Å². The van der Waals surface area contributed by atoms with Gasteiger partial charge in [-0.05, 0) is 58.1 Å². The molecule has 0 fully saturated rings. The van der Waals surface area contributed by atoms with Gasteiger partial charge in [-0.15, -0.1) is 11.3 Å². The van der Waals surface area contributed by atoms with Crippen LogP contribution in [0.3, 0.4) is 0 Å². The maximum absolute atomic E-state index is 12.3. The summed E-state index contributed by atoms with van der Waals surface area (Å²) in [6, 6.07) is 9.05. The fourth-order valence-corrected chi connectivity index (χ4v) is 3.27. The van der Waals surface area contributed by atoms with E-state index in [9.17, 15) is 4.79 Å². The quantitative estimate of drug-likeness (QED) is 0.750. The van der Waals surface area contributed by atoms with Crippen LogP contribution in [0.2, 0.25) is 5.02 Å². The number of carbonyl (C=O) groups excluding carboxylic acids is 1. The van der Waals surface area contributed by atoms with Crippen molar-refractivity contribution in [2.24, 2.45) is 0 Å². The Morgan fingerprint density at radius 3 is 2.86 bits per heavy atom. The van der Waals surface area contributed by atoms with Crippen molar-refractivity contribution in [3.05, 3.63) is 50.1 Å². The zero-order valence-electron chi connectivity index (χ0n) is 11.7. The molecular weight excluding hydrogens is 374 g/mol. The first kappa shape index (κ1) is 16.3. The maximum Gasteiger partial charge on any atom is 0.263 e. The minimum absolute atomic E-state index is 0.0719. The molecule has 3 nitrogen and oxygen atoms in total. The summed E-state index contributed by atoms with van der Waals surface area (Å²) in [4.78, 5) is 14.0. The van der Waals surface area contributed by atoms with Crippen molar-refractivity contribution in [3.8, 4) is 5.75 Å². The van der Waals surface area contributed by atoms with E-state index in [1.165, 1.54) is 0 Å². The first-order chi connectivity index (χ1) is 9.95. The number of likely N-dealkylation sites (N-methyl/N-ethyl adjacent to an activating group) is 1. The molecule has 0 aliphatic rings. The first-order valence-electron chi connectivity index (χ1n) is 6.36. The van der Waals surface area contributed by atoms with Crippen molar-refractivity contribution in [1.29, 1.82) is 0 Å². The molecule has 1 aromatic heterocycles. The highest BCUT2D eigenvalue weighted by molar-refractivity contribution is 9.11. The summed E-state index contributed by atoms with van der Waals surface area (Å²) in [6.07, 6.45) is -0.560. The molecule has 0 aliphatic heterocycles. The summed E-state index contributed by atoms with van der Waals surface area (Å²) < 4.78 is 6.70. The highest BCUT2D eigenvalue weighted by Gasteiger charge is 2.19. The Balaban J connectivity index is 1.95. The van der Waals surface area contributed by atoms with E-state index in [0.29, 0.717) is 17.3 Å². The molecular formula is C15H15BrClNO2S. The fraction of sp³-hybridized carbons (Fsp3) is 0.267. The van der Waals surface area contributed by atoms with Crippen molar-refractivity contribution < 1.29 is 9.53 Å². The van der Waals surface area contributed by atoms with E-state index >= 15 is 0 Å². The number of carbonyl (C=O) groups is 1. The van der Waals surface area contributed by atoms with Gasteiger partial charge in [-0.1, -0.05) is 17.7 Å². The largest absolute Gasteiger partial charge is 0.481 e. The first-order valence-corrected chi connectivity index (χ1v) is 8.41. The third kappa shape index (κ3) is 4.73. The standard InChI is InChI=1S/C15H15BrClNO2S/c1-10(20-13-5-3-4-12(17)7-13)15(19)18(2)8-11-6-14(16)21-9-11/h3-7,9-10H,8H2,1-2H3. The Morgan fingerprint density at radius 2 is 2.24 bits per heavy atom. The Morgan fingerprint density at radius 1 is 1.48 bits per heavy atom. The number of thiophene rings is 1. The second-order valence-corrected chi connectivity index (χ2v) is 7.40. The molecule has 2 rings (SSSR count). The highest BCUT2D eigenvalue weighted by Crippen LogP contribution is 2.22. The Kier molecular flexibility index (Phi) is 5.67. The minimum atomic E-state index is -0.560. The lowest BCUT2D eigenvalue weighted by atomic mass is 10.3. The number of halogens is 2. The Labute approximate surface area is 141 Å². The van der Waals surface area contributed by atoms with Gasteiger partial charge in [0.1, 0.15) is 5.75 Å². The second-order valence-electron chi connectivity index (χ2n) is 4.67. The lowest BCUT2D eigenvalue weighted by molar-refractivity contribution is -0.137. The molecule has 1 aromatic carbocycles. The van der Waals surface area contributed by atoms with Crippen molar-refractivity contribution in [2.75, 3.05) is 7.05 Å². The molecule has 1 unspecified atom stereocenters. The molecule has 0 N–H and O–H groups in total. The average Bonchev–Trinajstić information content (AvgIpc) is 2.83. The van der Waals surface area contributed by atoms with Crippen LogP contribution in [-0.2, 0) is 11.3 Å². The van der Waals surface area contributed by atoms with Gasteiger partial charge in [-0.3, -0.25) is 4.79 Å². The van der Waals surface area contributed by atoms with Crippen LogP contribution in [0.25, 0.3) is 0 Å². The molecule has 0 spiro atoms. The van der Waals surface area contributed by atoms with E-state index in [0.717, 1.165) is 9.35 Å². The number of benzene rings is 1. The molecule has 0 bridgehead atoms. The molecule has 6 heteroatoms. The third-order valence-corrected chi connectivity index (χ3v) is 4.66. The summed E-state index contributed by atoms with van der Waals surface area (Å²) in [6.45, 7) is 2.30. The van der Waals surface area contributed by atoms with Crippen LogP contribution in [0.1, 0.15) is 12.5 Å². The number of ether oxygens (including phenoxy) is 1. The second kappa shape index (κ2) is 7.29. The van der Waals surface area contributed by atoms with Gasteiger partial charge < -0.3 is 9.64 Å². The van der Waals surface area contributed by atoms with Crippen molar-refractivity contribution in [2.45, 2.75) is 19.6 Å². The Bertz CT molecular complexity index is 632.